The summed E-state index contributed by atoms with van der Waals surface area (Å²) in [7, 11) is 0. The van der Waals surface area contributed by atoms with Crippen LogP contribution in [0.1, 0.15) is 51.4 Å². The molecule has 0 radical (unpaired) electrons. The first kappa shape index (κ1) is 22.0. The molecule has 2 heterocycles. The largest absolute Gasteiger partial charge is 0.357 e. The molecule has 0 bridgehead atoms. The van der Waals surface area contributed by atoms with Crippen LogP contribution in [0.5, 0.6) is 0 Å². The van der Waals surface area contributed by atoms with Gasteiger partial charge in [0.05, 0.1) is 11.9 Å². The summed E-state index contributed by atoms with van der Waals surface area (Å²) in [4.78, 5) is 19.2. The number of carbonyl (C=O) groups excluding carboxylic acids is 1. The Balaban J connectivity index is 0.00000156. The molecule has 7 heteroatoms. The Morgan fingerprint density at radius 1 is 1.12 bits per heavy atom. The first-order chi connectivity index (χ1) is 11.2. The first-order valence-corrected chi connectivity index (χ1v) is 8.92. The monoisotopic (exact) mass is 388 g/mol. The fraction of sp³-hybridized carbons (Fsp3) is 0.667. The van der Waals surface area contributed by atoms with Gasteiger partial charge in [0, 0.05) is 19.5 Å². The van der Waals surface area contributed by atoms with Crippen LogP contribution in [0.4, 0.5) is 11.5 Å². The van der Waals surface area contributed by atoms with Gasteiger partial charge in [0.2, 0.25) is 5.91 Å². The van der Waals surface area contributed by atoms with Crippen LogP contribution >= 0.6 is 24.8 Å². The van der Waals surface area contributed by atoms with Gasteiger partial charge < -0.3 is 16.0 Å². The molecule has 5 nitrogen and oxygen atoms in total. The van der Waals surface area contributed by atoms with E-state index >= 15 is 0 Å². The first-order valence-electron chi connectivity index (χ1n) is 8.92. The zero-order valence-electron chi connectivity index (χ0n) is 14.7. The molecule has 1 saturated heterocycles. The van der Waals surface area contributed by atoms with Crippen molar-refractivity contribution in [1.29, 1.82) is 0 Å². The number of carbonyl (C=O) groups is 1. The van der Waals surface area contributed by atoms with Crippen LogP contribution in [0.2, 0.25) is 0 Å². The zero-order valence-corrected chi connectivity index (χ0v) is 16.3. The minimum Gasteiger partial charge on any atom is -0.357 e. The minimum atomic E-state index is 0. The number of amides is 1. The van der Waals surface area contributed by atoms with Gasteiger partial charge in [-0.2, -0.15) is 0 Å². The van der Waals surface area contributed by atoms with Crippen molar-refractivity contribution in [3.63, 3.8) is 0 Å². The number of pyridine rings is 1. The van der Waals surface area contributed by atoms with Crippen LogP contribution in [-0.4, -0.2) is 30.5 Å². The third kappa shape index (κ3) is 5.73. The standard InChI is InChI=1S/C18H28N4O.2ClH/c19-14-18(8-2-1-3-9-18)12-17(23)21-15-6-7-16(20-13-15)22-10-4-5-11-22;;/h6-7,13H,1-5,8-12,14,19H2,(H,21,23);2*1H. The molecular weight excluding hydrogens is 359 g/mol. The molecular formula is C18H30Cl2N4O. The fourth-order valence-corrected chi connectivity index (χ4v) is 3.89. The highest BCUT2D eigenvalue weighted by atomic mass is 35.5. The van der Waals surface area contributed by atoms with Gasteiger partial charge >= 0.3 is 0 Å². The topological polar surface area (TPSA) is 71.2 Å². The number of aromatic nitrogens is 1. The number of nitrogens with zero attached hydrogens (tertiary/aromatic N) is 2. The van der Waals surface area contributed by atoms with Crippen LogP contribution in [-0.2, 0) is 4.79 Å². The lowest BCUT2D eigenvalue weighted by molar-refractivity contribution is -0.118. The van der Waals surface area contributed by atoms with E-state index in [-0.39, 0.29) is 36.1 Å². The van der Waals surface area contributed by atoms with Crippen LogP contribution in [0.15, 0.2) is 18.3 Å². The maximum atomic E-state index is 12.4. The molecule has 1 aromatic heterocycles. The summed E-state index contributed by atoms with van der Waals surface area (Å²) in [6.07, 6.45) is 10.6. The van der Waals surface area contributed by atoms with Gasteiger partial charge in [0.15, 0.2) is 0 Å². The average Bonchev–Trinajstić information content (AvgIpc) is 3.11. The number of rotatable bonds is 5. The van der Waals surface area contributed by atoms with Crippen LogP contribution in [0.25, 0.3) is 0 Å². The molecule has 1 aliphatic heterocycles. The molecule has 2 aliphatic rings. The Kier molecular flexibility index (Phi) is 8.97. The lowest BCUT2D eigenvalue weighted by Crippen LogP contribution is -2.36. The molecule has 1 aromatic rings. The van der Waals surface area contributed by atoms with Crippen molar-refractivity contribution >= 4 is 42.2 Å². The number of hydrogen-bond acceptors (Lipinski definition) is 4. The van der Waals surface area contributed by atoms with Crippen molar-refractivity contribution in [2.75, 3.05) is 29.9 Å². The van der Waals surface area contributed by atoms with Crippen LogP contribution < -0.4 is 16.0 Å². The lowest BCUT2D eigenvalue weighted by Gasteiger charge is -2.35. The van der Waals surface area contributed by atoms with Gasteiger partial charge in [-0.15, -0.1) is 24.8 Å². The van der Waals surface area contributed by atoms with Crippen molar-refractivity contribution < 1.29 is 4.79 Å². The summed E-state index contributed by atoms with van der Waals surface area (Å²) in [5, 5.41) is 2.99. The van der Waals surface area contributed by atoms with E-state index in [0.717, 1.165) is 37.4 Å². The Morgan fingerprint density at radius 3 is 2.36 bits per heavy atom. The molecule has 1 amide bonds. The molecule has 0 spiro atoms. The minimum absolute atomic E-state index is 0. The molecule has 2 fully saturated rings. The van der Waals surface area contributed by atoms with Gasteiger partial charge in [-0.25, -0.2) is 4.98 Å². The Bertz CT molecular complexity index is 526. The molecule has 0 aromatic carbocycles. The molecule has 3 N–H and O–H groups in total. The van der Waals surface area contributed by atoms with Crippen molar-refractivity contribution in [1.82, 2.24) is 4.98 Å². The van der Waals surface area contributed by atoms with Crippen molar-refractivity contribution in [3.8, 4) is 0 Å². The van der Waals surface area contributed by atoms with Crippen LogP contribution in [0, 0.1) is 5.41 Å². The highest BCUT2D eigenvalue weighted by molar-refractivity contribution is 5.91. The van der Waals surface area contributed by atoms with E-state index in [0.29, 0.717) is 13.0 Å². The van der Waals surface area contributed by atoms with Crippen molar-refractivity contribution in [2.24, 2.45) is 11.1 Å². The van der Waals surface area contributed by atoms with E-state index in [1.807, 2.05) is 12.1 Å². The average molecular weight is 389 g/mol. The number of halogens is 2. The number of anilines is 2. The summed E-state index contributed by atoms with van der Waals surface area (Å²) in [6, 6.07) is 3.95. The van der Waals surface area contributed by atoms with Gasteiger partial charge in [-0.1, -0.05) is 19.3 Å². The third-order valence-corrected chi connectivity index (χ3v) is 5.34. The predicted molar refractivity (Wildman–Crippen MR) is 108 cm³/mol. The second-order valence-electron chi connectivity index (χ2n) is 7.09. The fourth-order valence-electron chi connectivity index (χ4n) is 3.89. The summed E-state index contributed by atoms with van der Waals surface area (Å²) < 4.78 is 0. The highest BCUT2D eigenvalue weighted by Crippen LogP contribution is 2.38. The maximum absolute atomic E-state index is 12.4. The Hall–Kier alpha value is -1.04. The number of nitrogens with one attached hydrogen (secondary N) is 1. The maximum Gasteiger partial charge on any atom is 0.225 e. The lowest BCUT2D eigenvalue weighted by atomic mass is 9.71. The van der Waals surface area contributed by atoms with Gasteiger partial charge in [0.1, 0.15) is 5.82 Å². The normalized spacial score (nSPS) is 18.8. The third-order valence-electron chi connectivity index (χ3n) is 5.34. The zero-order chi connectivity index (χ0) is 16.1. The van der Waals surface area contributed by atoms with E-state index in [2.05, 4.69) is 15.2 Å². The molecule has 0 unspecified atom stereocenters. The van der Waals surface area contributed by atoms with Crippen molar-refractivity contribution in [3.05, 3.63) is 18.3 Å². The second kappa shape index (κ2) is 10.2. The summed E-state index contributed by atoms with van der Waals surface area (Å²) in [5.74, 6) is 1.07. The molecule has 1 aliphatic carbocycles. The van der Waals surface area contributed by atoms with E-state index in [1.54, 1.807) is 6.20 Å². The highest BCUT2D eigenvalue weighted by Gasteiger charge is 2.32. The summed E-state index contributed by atoms with van der Waals surface area (Å²) >= 11 is 0. The molecule has 1 saturated carbocycles. The number of hydrogen-bond donors (Lipinski definition) is 2. The van der Waals surface area contributed by atoms with Crippen LogP contribution in [0.3, 0.4) is 0 Å². The SMILES string of the molecule is Cl.Cl.NCC1(CC(=O)Nc2ccc(N3CCCC3)nc2)CCCCC1. The van der Waals surface area contributed by atoms with E-state index in [1.165, 1.54) is 32.1 Å². The summed E-state index contributed by atoms with van der Waals surface area (Å²) in [5.41, 5.74) is 6.76. The Morgan fingerprint density at radius 2 is 1.80 bits per heavy atom. The Labute approximate surface area is 163 Å². The van der Waals surface area contributed by atoms with Crippen molar-refractivity contribution in [2.45, 2.75) is 51.4 Å². The molecule has 25 heavy (non-hydrogen) atoms. The molecule has 3 rings (SSSR count). The van der Waals surface area contributed by atoms with E-state index in [4.69, 9.17) is 5.73 Å². The van der Waals surface area contributed by atoms with Gasteiger partial charge in [0.25, 0.3) is 0 Å². The molecule has 142 valence electrons. The smallest absolute Gasteiger partial charge is 0.225 e. The second-order valence-corrected chi connectivity index (χ2v) is 7.09. The van der Waals surface area contributed by atoms with Gasteiger partial charge in [-0.05, 0) is 49.8 Å². The quantitative estimate of drug-likeness (QED) is 0.804. The predicted octanol–water partition coefficient (Wildman–Crippen LogP) is 3.76. The summed E-state index contributed by atoms with van der Waals surface area (Å²) in [6.45, 7) is 2.77. The van der Waals surface area contributed by atoms with E-state index < -0.39 is 0 Å². The van der Waals surface area contributed by atoms with E-state index in [9.17, 15) is 4.79 Å². The molecule has 0 atom stereocenters. The van der Waals surface area contributed by atoms with Gasteiger partial charge in [-0.3, -0.25) is 4.79 Å². The number of nitrogens with two attached hydrogens (primary N) is 1.